The highest BCUT2D eigenvalue weighted by Crippen LogP contribution is 2.22. The van der Waals surface area contributed by atoms with E-state index >= 15 is 0 Å². The summed E-state index contributed by atoms with van der Waals surface area (Å²) in [5.74, 6) is 0.445. The van der Waals surface area contributed by atoms with E-state index in [-0.39, 0.29) is 17.3 Å². The molecule has 0 aliphatic carbocycles. The first-order chi connectivity index (χ1) is 16.4. The van der Waals surface area contributed by atoms with Gasteiger partial charge in [-0.15, -0.1) is 0 Å². The third kappa shape index (κ3) is 4.99. The molecule has 2 heterocycles. The zero-order valence-electron chi connectivity index (χ0n) is 19.1. The summed E-state index contributed by atoms with van der Waals surface area (Å²) < 4.78 is 7.08. The molecule has 1 aliphatic heterocycles. The zero-order valence-corrected chi connectivity index (χ0v) is 19.1. The van der Waals surface area contributed by atoms with Crippen LogP contribution in [0.2, 0.25) is 0 Å². The average molecular weight is 466 g/mol. The first-order valence-corrected chi connectivity index (χ1v) is 11.0. The number of fused-ring (bicyclic) bond motifs is 1. The number of nitro benzene ring substituents is 1. The molecule has 178 valence electrons. The number of nitrogens with zero attached hydrogens (tertiary/aromatic N) is 5. The van der Waals surface area contributed by atoms with Crippen molar-refractivity contribution in [3.05, 3.63) is 64.0 Å². The topological polar surface area (TPSA) is 123 Å². The lowest BCUT2D eigenvalue weighted by Gasteiger charge is -2.33. The fourth-order valence-electron chi connectivity index (χ4n) is 3.94. The van der Waals surface area contributed by atoms with Crippen LogP contribution < -0.4 is 5.32 Å². The maximum absolute atomic E-state index is 12.6. The summed E-state index contributed by atoms with van der Waals surface area (Å²) in [6, 6.07) is 11.0. The SMILES string of the molecule is CCOC(=O)N1CCN(Cc2nc3cc(NC(=O)c4cccc([N+](=O)[O-])c4)ccc3n2C)CC1. The van der Waals surface area contributed by atoms with Crippen LogP contribution in [0.15, 0.2) is 42.5 Å². The molecule has 4 rings (SSSR count). The molecule has 3 aromatic rings. The van der Waals surface area contributed by atoms with Crippen LogP contribution in [0.5, 0.6) is 0 Å². The molecule has 0 bridgehead atoms. The molecule has 1 aromatic heterocycles. The van der Waals surface area contributed by atoms with Gasteiger partial charge in [-0.3, -0.25) is 19.8 Å². The molecule has 0 radical (unpaired) electrons. The molecule has 0 unspecified atom stereocenters. The molecule has 11 nitrogen and oxygen atoms in total. The molecule has 0 saturated carbocycles. The molecule has 1 fully saturated rings. The standard InChI is InChI=1S/C23H26N6O5/c1-3-34-23(31)28-11-9-27(10-12-28)15-21-25-19-14-17(7-8-20(19)26(21)2)24-22(30)16-5-4-6-18(13-16)29(32)33/h4-8,13-14H,3,9-12,15H2,1-2H3,(H,24,30). The average Bonchev–Trinajstić information content (AvgIpc) is 3.14. The van der Waals surface area contributed by atoms with E-state index in [1.165, 1.54) is 24.3 Å². The summed E-state index contributed by atoms with van der Waals surface area (Å²) in [5.41, 5.74) is 2.28. The monoisotopic (exact) mass is 466 g/mol. The van der Waals surface area contributed by atoms with Gasteiger partial charge in [-0.2, -0.15) is 0 Å². The molecule has 1 N–H and O–H groups in total. The summed E-state index contributed by atoms with van der Waals surface area (Å²) in [5, 5.41) is 13.7. The van der Waals surface area contributed by atoms with E-state index in [0.29, 0.717) is 31.9 Å². The number of anilines is 1. The number of nitrogens with one attached hydrogen (secondary N) is 1. The van der Waals surface area contributed by atoms with E-state index in [1.54, 1.807) is 24.0 Å². The van der Waals surface area contributed by atoms with E-state index in [0.717, 1.165) is 29.9 Å². The van der Waals surface area contributed by atoms with Crippen molar-refractivity contribution in [2.24, 2.45) is 7.05 Å². The number of rotatable bonds is 6. The number of non-ortho nitro benzene ring substituents is 1. The quantitative estimate of drug-likeness (QED) is 0.438. The number of aromatic nitrogens is 2. The van der Waals surface area contributed by atoms with E-state index in [1.807, 2.05) is 17.7 Å². The lowest BCUT2D eigenvalue weighted by Crippen LogP contribution is -2.48. The molecular formula is C23H26N6O5. The Morgan fingerprint density at radius 2 is 1.91 bits per heavy atom. The first kappa shape index (κ1) is 23.2. The number of carbonyl (C=O) groups is 2. The fraction of sp³-hybridized carbons (Fsp3) is 0.348. The Kier molecular flexibility index (Phi) is 6.73. The van der Waals surface area contributed by atoms with Gasteiger partial charge < -0.3 is 19.5 Å². The maximum atomic E-state index is 12.6. The number of piperazine rings is 1. The summed E-state index contributed by atoms with van der Waals surface area (Å²) in [7, 11) is 1.95. The summed E-state index contributed by atoms with van der Waals surface area (Å²) in [4.78, 5) is 43.6. The minimum Gasteiger partial charge on any atom is -0.450 e. The van der Waals surface area contributed by atoms with Gasteiger partial charge in [0.2, 0.25) is 0 Å². The second-order valence-corrected chi connectivity index (χ2v) is 8.01. The van der Waals surface area contributed by atoms with Crippen molar-refractivity contribution < 1.29 is 19.2 Å². The van der Waals surface area contributed by atoms with Crippen molar-refractivity contribution in [1.29, 1.82) is 0 Å². The molecule has 1 saturated heterocycles. The zero-order chi connectivity index (χ0) is 24.2. The highest BCUT2D eigenvalue weighted by Gasteiger charge is 2.23. The molecule has 0 spiro atoms. The highest BCUT2D eigenvalue weighted by molar-refractivity contribution is 6.05. The number of aryl methyl sites for hydroxylation is 1. The summed E-state index contributed by atoms with van der Waals surface area (Å²) in [6.07, 6.45) is -0.274. The second kappa shape index (κ2) is 9.87. The van der Waals surface area contributed by atoms with Gasteiger partial charge in [0.1, 0.15) is 5.82 Å². The fourth-order valence-corrected chi connectivity index (χ4v) is 3.94. The Morgan fingerprint density at radius 1 is 1.15 bits per heavy atom. The molecule has 2 aromatic carbocycles. The number of hydrogen-bond donors (Lipinski definition) is 1. The normalized spacial score (nSPS) is 14.2. The number of imidazole rings is 1. The lowest BCUT2D eigenvalue weighted by molar-refractivity contribution is -0.384. The Hall–Kier alpha value is -3.99. The number of amides is 2. The summed E-state index contributed by atoms with van der Waals surface area (Å²) >= 11 is 0. The highest BCUT2D eigenvalue weighted by atomic mass is 16.6. The van der Waals surface area contributed by atoms with Crippen LogP contribution in [0, 0.1) is 10.1 Å². The van der Waals surface area contributed by atoms with Crippen molar-refractivity contribution in [2.45, 2.75) is 13.5 Å². The number of ether oxygens (including phenoxy) is 1. The van der Waals surface area contributed by atoms with Crippen LogP contribution in [0.25, 0.3) is 11.0 Å². The van der Waals surface area contributed by atoms with E-state index < -0.39 is 10.8 Å². The van der Waals surface area contributed by atoms with Crippen molar-refractivity contribution >= 4 is 34.4 Å². The number of benzene rings is 2. The van der Waals surface area contributed by atoms with Crippen LogP contribution in [-0.4, -0.2) is 69.1 Å². The Bertz CT molecular complexity index is 1230. The molecule has 34 heavy (non-hydrogen) atoms. The van der Waals surface area contributed by atoms with E-state index in [9.17, 15) is 19.7 Å². The van der Waals surface area contributed by atoms with Gasteiger partial charge in [0.05, 0.1) is 29.1 Å². The molecular weight excluding hydrogens is 440 g/mol. The van der Waals surface area contributed by atoms with E-state index in [2.05, 4.69) is 10.2 Å². The molecule has 2 amide bonds. The van der Waals surface area contributed by atoms with Gasteiger partial charge in [-0.05, 0) is 31.2 Å². The molecule has 0 atom stereocenters. The van der Waals surface area contributed by atoms with Gasteiger partial charge in [0.15, 0.2) is 0 Å². The Balaban J connectivity index is 1.43. The maximum Gasteiger partial charge on any atom is 0.409 e. The predicted octanol–water partition coefficient (Wildman–Crippen LogP) is 3.01. The van der Waals surface area contributed by atoms with Crippen molar-refractivity contribution in [3.8, 4) is 0 Å². The van der Waals surface area contributed by atoms with Crippen LogP contribution in [0.4, 0.5) is 16.2 Å². The second-order valence-electron chi connectivity index (χ2n) is 8.01. The lowest BCUT2D eigenvalue weighted by atomic mass is 10.2. The number of nitro groups is 1. The molecule has 1 aliphatic rings. The Labute approximate surface area is 196 Å². The van der Waals surface area contributed by atoms with Gasteiger partial charge >= 0.3 is 6.09 Å². The van der Waals surface area contributed by atoms with Gasteiger partial charge in [0.25, 0.3) is 11.6 Å². The minimum absolute atomic E-state index is 0.138. The third-order valence-electron chi connectivity index (χ3n) is 5.81. The van der Waals surface area contributed by atoms with Crippen LogP contribution in [0.3, 0.4) is 0 Å². The number of carbonyl (C=O) groups excluding carboxylic acids is 2. The smallest absolute Gasteiger partial charge is 0.409 e. The Morgan fingerprint density at radius 3 is 2.62 bits per heavy atom. The van der Waals surface area contributed by atoms with Gasteiger partial charge in [0, 0.05) is 56.6 Å². The van der Waals surface area contributed by atoms with Crippen LogP contribution in [-0.2, 0) is 18.3 Å². The largest absolute Gasteiger partial charge is 0.450 e. The van der Waals surface area contributed by atoms with Gasteiger partial charge in [-0.25, -0.2) is 9.78 Å². The van der Waals surface area contributed by atoms with Crippen molar-refractivity contribution in [3.63, 3.8) is 0 Å². The summed E-state index contributed by atoms with van der Waals surface area (Å²) in [6.45, 7) is 5.47. The van der Waals surface area contributed by atoms with E-state index in [4.69, 9.17) is 9.72 Å². The van der Waals surface area contributed by atoms with Crippen molar-refractivity contribution in [2.75, 3.05) is 38.1 Å². The van der Waals surface area contributed by atoms with Crippen LogP contribution >= 0.6 is 0 Å². The van der Waals surface area contributed by atoms with Gasteiger partial charge in [-0.1, -0.05) is 6.07 Å². The molecule has 11 heteroatoms. The number of hydrogen-bond acceptors (Lipinski definition) is 7. The van der Waals surface area contributed by atoms with Crippen LogP contribution in [0.1, 0.15) is 23.1 Å². The first-order valence-electron chi connectivity index (χ1n) is 11.0. The predicted molar refractivity (Wildman–Crippen MR) is 126 cm³/mol. The van der Waals surface area contributed by atoms with Crippen molar-refractivity contribution in [1.82, 2.24) is 19.4 Å². The third-order valence-corrected chi connectivity index (χ3v) is 5.81. The minimum atomic E-state index is -0.533.